The molecule has 0 atom stereocenters. The molecule has 2 aliphatic rings. The van der Waals surface area contributed by atoms with Gasteiger partial charge in [-0.1, -0.05) is 264 Å². The molecule has 0 amide bonds. The van der Waals surface area contributed by atoms with Gasteiger partial charge in [0.2, 0.25) is 0 Å². The smallest absolute Gasteiger partial charge is 0.0387 e. The summed E-state index contributed by atoms with van der Waals surface area (Å²) >= 11 is 0. The molecule has 0 saturated carbocycles. The number of benzene rings is 8. The lowest BCUT2D eigenvalue weighted by atomic mass is 9.70. The third-order valence-electron chi connectivity index (χ3n) is 17.5. The van der Waals surface area contributed by atoms with E-state index in [0.29, 0.717) is 0 Å². The van der Waals surface area contributed by atoms with Crippen molar-refractivity contribution < 1.29 is 0 Å². The summed E-state index contributed by atoms with van der Waals surface area (Å²) in [6, 6.07) is 69.0. The number of rotatable bonds is 27. The first-order chi connectivity index (χ1) is 37.5. The van der Waals surface area contributed by atoms with E-state index in [9.17, 15) is 0 Å². The molecule has 0 aromatic heterocycles. The summed E-state index contributed by atoms with van der Waals surface area (Å²) < 4.78 is 0. The van der Waals surface area contributed by atoms with Crippen molar-refractivity contribution in [1.82, 2.24) is 0 Å². The van der Waals surface area contributed by atoms with Crippen molar-refractivity contribution in [3.8, 4) is 55.6 Å². The van der Waals surface area contributed by atoms with Gasteiger partial charge in [0.1, 0.15) is 0 Å². The average molecular weight is 1000 g/mol. The molecule has 8 aromatic carbocycles. The SMILES string of the molecule is CCCCCCC1(CCCCCC)c2ccccc2-c2ccc(Nc3ccc(-c4ccc(-c5ccc(-c6ccc(Nc7ccc8c(c7)C(CCCCCC)(CCCCCC)c7ccccc7-8)cc6)cc5)cc4)cc3)cc21. The van der Waals surface area contributed by atoms with Crippen LogP contribution in [-0.4, -0.2) is 0 Å². The van der Waals surface area contributed by atoms with E-state index < -0.39 is 0 Å². The molecule has 2 N–H and O–H groups in total. The van der Waals surface area contributed by atoms with Crippen molar-refractivity contribution in [3.05, 3.63) is 204 Å². The van der Waals surface area contributed by atoms with E-state index in [-0.39, 0.29) is 10.8 Å². The molecule has 2 nitrogen and oxygen atoms in total. The van der Waals surface area contributed by atoms with Crippen LogP contribution in [0.3, 0.4) is 0 Å². The van der Waals surface area contributed by atoms with E-state index in [1.54, 1.807) is 11.1 Å². The molecule has 0 aliphatic heterocycles. The van der Waals surface area contributed by atoms with Crippen molar-refractivity contribution in [3.63, 3.8) is 0 Å². The average Bonchev–Trinajstić information content (AvgIpc) is 4.01. The number of anilines is 4. The molecule has 0 bridgehead atoms. The van der Waals surface area contributed by atoms with E-state index >= 15 is 0 Å². The van der Waals surface area contributed by atoms with E-state index in [0.717, 1.165) is 11.4 Å². The Hall–Kier alpha value is -6.64. The number of nitrogens with one attached hydrogen (secondary N) is 2. The molecule has 0 unspecified atom stereocenters. The van der Waals surface area contributed by atoms with E-state index in [4.69, 9.17) is 0 Å². The van der Waals surface area contributed by atoms with Gasteiger partial charge in [-0.15, -0.1) is 0 Å². The zero-order chi connectivity index (χ0) is 52.2. The van der Waals surface area contributed by atoms with Crippen LogP contribution in [0, 0.1) is 0 Å². The minimum absolute atomic E-state index is 0.0852. The summed E-state index contributed by atoms with van der Waals surface area (Å²) in [5, 5.41) is 7.63. The lowest BCUT2D eigenvalue weighted by molar-refractivity contribution is 0.401. The molecule has 8 aromatic rings. The molecule has 0 saturated heterocycles. The third-order valence-corrected chi connectivity index (χ3v) is 17.5. The Morgan fingerprint density at radius 2 is 0.513 bits per heavy atom. The molecule has 0 radical (unpaired) electrons. The highest BCUT2D eigenvalue weighted by Crippen LogP contribution is 2.56. The van der Waals surface area contributed by atoms with Crippen molar-refractivity contribution in [2.75, 3.05) is 10.6 Å². The molecular weight excluding hydrogens is 917 g/mol. The van der Waals surface area contributed by atoms with Crippen LogP contribution in [0.5, 0.6) is 0 Å². The number of hydrogen-bond acceptors (Lipinski definition) is 2. The molecule has 0 fully saturated rings. The first-order valence-electron chi connectivity index (χ1n) is 29.9. The monoisotopic (exact) mass is 1000 g/mol. The van der Waals surface area contributed by atoms with Gasteiger partial charge in [-0.05, 0) is 152 Å². The Bertz CT molecular complexity index is 2880. The van der Waals surface area contributed by atoms with Gasteiger partial charge in [-0.3, -0.25) is 0 Å². The number of fused-ring (bicyclic) bond motifs is 6. The fraction of sp³-hybridized carbons (Fsp3) is 0.351. The molecule has 10 rings (SSSR count). The summed E-state index contributed by atoms with van der Waals surface area (Å²) in [7, 11) is 0. The lowest BCUT2D eigenvalue weighted by Gasteiger charge is -2.33. The largest absolute Gasteiger partial charge is 0.356 e. The lowest BCUT2D eigenvalue weighted by Crippen LogP contribution is -2.25. The molecule has 0 spiro atoms. The fourth-order valence-electron chi connectivity index (χ4n) is 13.3. The van der Waals surface area contributed by atoms with Crippen LogP contribution in [-0.2, 0) is 10.8 Å². The molecule has 0 heterocycles. The molecule has 2 aliphatic carbocycles. The van der Waals surface area contributed by atoms with Crippen molar-refractivity contribution in [2.24, 2.45) is 0 Å². The van der Waals surface area contributed by atoms with Gasteiger partial charge in [0, 0.05) is 33.6 Å². The number of hydrogen-bond donors (Lipinski definition) is 2. The Balaban J connectivity index is 0.788. The minimum atomic E-state index is 0.0852. The van der Waals surface area contributed by atoms with E-state index in [1.165, 1.54) is 207 Å². The molecular formula is C74H84N2. The second kappa shape index (κ2) is 25.0. The van der Waals surface area contributed by atoms with Gasteiger partial charge in [0.05, 0.1) is 0 Å². The first kappa shape index (κ1) is 52.8. The van der Waals surface area contributed by atoms with Gasteiger partial charge < -0.3 is 10.6 Å². The highest BCUT2D eigenvalue weighted by Gasteiger charge is 2.43. The Morgan fingerprint density at radius 1 is 0.250 bits per heavy atom. The van der Waals surface area contributed by atoms with Crippen LogP contribution < -0.4 is 10.6 Å². The summed E-state index contributed by atoms with van der Waals surface area (Å²) in [6.45, 7) is 9.28. The number of unbranched alkanes of at least 4 members (excludes halogenated alkanes) is 12. The maximum Gasteiger partial charge on any atom is 0.0387 e. The Morgan fingerprint density at radius 3 is 0.816 bits per heavy atom. The fourth-order valence-corrected chi connectivity index (χ4v) is 13.3. The van der Waals surface area contributed by atoms with Crippen molar-refractivity contribution >= 4 is 22.7 Å². The quantitative estimate of drug-likeness (QED) is 0.0502. The molecule has 76 heavy (non-hydrogen) atoms. The molecule has 390 valence electrons. The predicted octanol–water partition coefficient (Wildman–Crippen LogP) is 22.6. The second-order valence-electron chi connectivity index (χ2n) is 22.6. The predicted molar refractivity (Wildman–Crippen MR) is 330 cm³/mol. The third kappa shape index (κ3) is 11.4. The summed E-state index contributed by atoms with van der Waals surface area (Å²) in [6.07, 6.45) is 25.6. The van der Waals surface area contributed by atoms with Crippen LogP contribution in [0.1, 0.15) is 178 Å². The minimum Gasteiger partial charge on any atom is -0.356 e. The van der Waals surface area contributed by atoms with Gasteiger partial charge in [0.15, 0.2) is 0 Å². The van der Waals surface area contributed by atoms with Gasteiger partial charge in [-0.25, -0.2) is 0 Å². The normalized spacial score (nSPS) is 13.5. The van der Waals surface area contributed by atoms with Crippen molar-refractivity contribution in [1.29, 1.82) is 0 Å². The van der Waals surface area contributed by atoms with E-state index in [1.807, 2.05) is 0 Å². The van der Waals surface area contributed by atoms with Crippen LogP contribution in [0.2, 0.25) is 0 Å². The zero-order valence-corrected chi connectivity index (χ0v) is 46.5. The Kier molecular flexibility index (Phi) is 17.4. The summed E-state index contributed by atoms with van der Waals surface area (Å²) in [5.74, 6) is 0. The maximum absolute atomic E-state index is 3.81. The summed E-state index contributed by atoms with van der Waals surface area (Å²) in [4.78, 5) is 0. The highest BCUT2D eigenvalue weighted by atomic mass is 14.9. The van der Waals surface area contributed by atoms with Gasteiger partial charge in [0.25, 0.3) is 0 Å². The Labute approximate surface area is 457 Å². The highest BCUT2D eigenvalue weighted by molar-refractivity contribution is 5.85. The zero-order valence-electron chi connectivity index (χ0n) is 46.5. The van der Waals surface area contributed by atoms with Gasteiger partial charge in [-0.2, -0.15) is 0 Å². The first-order valence-corrected chi connectivity index (χ1v) is 29.9. The van der Waals surface area contributed by atoms with Crippen LogP contribution in [0.15, 0.2) is 182 Å². The van der Waals surface area contributed by atoms with Gasteiger partial charge >= 0.3 is 0 Å². The topological polar surface area (TPSA) is 24.1 Å². The maximum atomic E-state index is 3.81. The standard InChI is InChI=1S/C74H84N2/c1-5-9-13-21-49-73(50-22-14-10-6-2)69-27-19-17-25-65(69)67-47-45-63(53-71(67)73)75-61-41-37-59(38-42-61)57-33-29-55(30-34-57)56-31-35-58(36-32-56)60-39-43-62(44-40-60)76-64-46-48-68-66-26-18-20-28-70(66)74(72(68)54-64,51-23-15-11-7-3)52-24-16-12-8-4/h17-20,25-48,53-54,75-76H,5-16,21-24,49-52H2,1-4H3. The van der Waals surface area contributed by atoms with Crippen LogP contribution in [0.4, 0.5) is 22.7 Å². The summed E-state index contributed by atoms with van der Waals surface area (Å²) in [5.41, 5.74) is 24.0. The van der Waals surface area contributed by atoms with Crippen LogP contribution >= 0.6 is 0 Å². The van der Waals surface area contributed by atoms with Crippen molar-refractivity contribution in [2.45, 2.75) is 167 Å². The van der Waals surface area contributed by atoms with Crippen LogP contribution in [0.25, 0.3) is 55.6 Å². The van der Waals surface area contributed by atoms with E-state index in [2.05, 4.69) is 220 Å². The molecule has 2 heteroatoms. The second-order valence-corrected chi connectivity index (χ2v) is 22.6.